The first kappa shape index (κ1) is 20.4. The molecule has 1 aromatic carbocycles. The summed E-state index contributed by atoms with van der Waals surface area (Å²) >= 11 is 0. The van der Waals surface area contributed by atoms with Gasteiger partial charge in [0.25, 0.3) is 11.5 Å². The number of hydrogen-bond acceptors (Lipinski definition) is 4. The Morgan fingerprint density at radius 3 is 2.58 bits per heavy atom. The average Bonchev–Trinajstić information content (AvgIpc) is 2.61. The Bertz CT molecular complexity index is 849. The molecular weight excluding hydrogens is 352 g/mol. The van der Waals surface area contributed by atoms with Crippen LogP contribution in [-0.4, -0.2) is 39.7 Å². The van der Waals surface area contributed by atoms with Crippen LogP contribution in [0.3, 0.4) is 0 Å². The van der Waals surface area contributed by atoms with E-state index in [2.05, 4.69) is 12.0 Å². The number of hydrogen-bond donors (Lipinski definition) is 1. The zero-order chi connectivity index (χ0) is 18.1. The van der Waals surface area contributed by atoms with Gasteiger partial charge in [0.2, 0.25) is 0 Å². The van der Waals surface area contributed by atoms with Crippen LogP contribution in [0.5, 0.6) is 0 Å². The zero-order valence-corrected chi connectivity index (χ0v) is 16.3. The van der Waals surface area contributed by atoms with Gasteiger partial charge in [0, 0.05) is 24.5 Å². The van der Waals surface area contributed by atoms with Gasteiger partial charge in [-0.05, 0) is 38.7 Å². The molecule has 1 aliphatic rings. The normalized spacial score (nSPS) is 20.3. The SMILES string of the molecule is CC1CCN(C(=O)c2nn(C(C)C)c(=O)c3ccccc23)C(CN)C1.Cl. The summed E-state index contributed by atoms with van der Waals surface area (Å²) in [6, 6.07) is 7.11. The van der Waals surface area contributed by atoms with Crippen molar-refractivity contribution in [2.45, 2.75) is 45.7 Å². The Kier molecular flexibility index (Phi) is 6.42. The fraction of sp³-hybridized carbons (Fsp3) is 0.526. The minimum absolute atomic E-state index is 0. The molecule has 6 nitrogen and oxygen atoms in total. The van der Waals surface area contributed by atoms with E-state index in [0.29, 0.717) is 35.5 Å². The highest BCUT2D eigenvalue weighted by Crippen LogP contribution is 2.25. The fourth-order valence-electron chi connectivity index (χ4n) is 3.59. The van der Waals surface area contributed by atoms with E-state index in [1.54, 1.807) is 12.1 Å². The van der Waals surface area contributed by atoms with Crippen LogP contribution >= 0.6 is 12.4 Å². The summed E-state index contributed by atoms with van der Waals surface area (Å²) in [7, 11) is 0. The number of carbonyl (C=O) groups excluding carboxylic acids is 1. The van der Waals surface area contributed by atoms with E-state index >= 15 is 0 Å². The van der Waals surface area contributed by atoms with E-state index in [1.807, 2.05) is 30.9 Å². The van der Waals surface area contributed by atoms with E-state index < -0.39 is 0 Å². The Balaban J connectivity index is 0.00000243. The first-order valence-electron chi connectivity index (χ1n) is 8.96. The van der Waals surface area contributed by atoms with Gasteiger partial charge in [-0.3, -0.25) is 9.59 Å². The smallest absolute Gasteiger partial charge is 0.275 e. The van der Waals surface area contributed by atoms with Gasteiger partial charge in [0.05, 0.1) is 11.4 Å². The van der Waals surface area contributed by atoms with Gasteiger partial charge in [-0.2, -0.15) is 5.10 Å². The molecule has 142 valence electrons. The lowest BCUT2D eigenvalue weighted by atomic mass is 9.92. The molecule has 2 N–H and O–H groups in total. The molecule has 7 heteroatoms. The first-order valence-corrected chi connectivity index (χ1v) is 8.96. The Morgan fingerprint density at radius 2 is 1.96 bits per heavy atom. The molecule has 0 aliphatic carbocycles. The van der Waals surface area contributed by atoms with Crippen LogP contribution in [-0.2, 0) is 0 Å². The van der Waals surface area contributed by atoms with Crippen molar-refractivity contribution in [1.82, 2.24) is 14.7 Å². The number of benzene rings is 1. The summed E-state index contributed by atoms with van der Waals surface area (Å²) in [5.41, 5.74) is 6.10. The van der Waals surface area contributed by atoms with Crippen LogP contribution in [0.25, 0.3) is 10.8 Å². The van der Waals surface area contributed by atoms with Crippen molar-refractivity contribution in [2.24, 2.45) is 11.7 Å². The molecule has 1 aromatic heterocycles. The van der Waals surface area contributed by atoms with Crippen molar-refractivity contribution >= 4 is 29.1 Å². The third kappa shape index (κ3) is 3.62. The largest absolute Gasteiger partial charge is 0.333 e. The topological polar surface area (TPSA) is 81.2 Å². The van der Waals surface area contributed by atoms with Crippen molar-refractivity contribution in [3.8, 4) is 0 Å². The van der Waals surface area contributed by atoms with E-state index in [4.69, 9.17) is 5.73 Å². The molecule has 1 aliphatic heterocycles. The summed E-state index contributed by atoms with van der Waals surface area (Å²) in [4.78, 5) is 27.7. The predicted octanol–water partition coefficient (Wildman–Crippen LogP) is 2.60. The standard InChI is InChI=1S/C19H26N4O2.ClH/c1-12(2)23-18(24)16-7-5-4-6-15(16)17(21-23)19(25)22-9-8-13(3)10-14(22)11-20;/h4-7,12-14H,8-11,20H2,1-3H3;1H. The molecule has 0 saturated carbocycles. The predicted molar refractivity (Wildman–Crippen MR) is 106 cm³/mol. The molecule has 2 aromatic rings. The summed E-state index contributed by atoms with van der Waals surface area (Å²) < 4.78 is 1.40. The second-order valence-electron chi connectivity index (χ2n) is 7.26. The van der Waals surface area contributed by atoms with Crippen LogP contribution in [0.1, 0.15) is 50.1 Å². The highest BCUT2D eigenvalue weighted by molar-refractivity contribution is 6.04. The molecular formula is C19H27ClN4O2. The van der Waals surface area contributed by atoms with Crippen molar-refractivity contribution in [1.29, 1.82) is 0 Å². The molecule has 26 heavy (non-hydrogen) atoms. The van der Waals surface area contributed by atoms with Gasteiger partial charge in [0.1, 0.15) is 0 Å². The number of nitrogens with zero attached hydrogens (tertiary/aromatic N) is 3. The maximum atomic E-state index is 13.3. The molecule has 0 spiro atoms. The summed E-state index contributed by atoms with van der Waals surface area (Å²) in [5, 5.41) is 5.58. The van der Waals surface area contributed by atoms with Gasteiger partial charge in [-0.1, -0.05) is 25.1 Å². The van der Waals surface area contributed by atoms with Gasteiger partial charge < -0.3 is 10.6 Å². The van der Waals surface area contributed by atoms with Crippen LogP contribution in [0, 0.1) is 5.92 Å². The van der Waals surface area contributed by atoms with Crippen molar-refractivity contribution in [3.05, 3.63) is 40.3 Å². The molecule has 0 radical (unpaired) electrons. The molecule has 1 amide bonds. The molecule has 2 atom stereocenters. The Morgan fingerprint density at radius 1 is 1.31 bits per heavy atom. The van der Waals surface area contributed by atoms with E-state index in [1.165, 1.54) is 4.68 Å². The second kappa shape index (κ2) is 8.18. The summed E-state index contributed by atoms with van der Waals surface area (Å²) in [6.45, 7) is 7.10. The van der Waals surface area contributed by atoms with Crippen molar-refractivity contribution < 1.29 is 4.79 Å². The maximum absolute atomic E-state index is 13.3. The third-order valence-electron chi connectivity index (χ3n) is 5.03. The number of piperidine rings is 1. The summed E-state index contributed by atoms with van der Waals surface area (Å²) in [5.74, 6) is 0.430. The van der Waals surface area contributed by atoms with Crippen LogP contribution in [0.15, 0.2) is 29.1 Å². The molecule has 1 fully saturated rings. The van der Waals surface area contributed by atoms with Crippen LogP contribution in [0.4, 0.5) is 0 Å². The molecule has 3 rings (SSSR count). The number of nitrogens with two attached hydrogens (primary N) is 1. The van der Waals surface area contributed by atoms with E-state index in [0.717, 1.165) is 12.8 Å². The minimum atomic E-state index is -0.162. The van der Waals surface area contributed by atoms with E-state index in [9.17, 15) is 9.59 Å². The van der Waals surface area contributed by atoms with Gasteiger partial charge >= 0.3 is 0 Å². The molecule has 2 heterocycles. The average molecular weight is 379 g/mol. The number of rotatable bonds is 3. The monoisotopic (exact) mass is 378 g/mol. The number of amides is 1. The van der Waals surface area contributed by atoms with Crippen LogP contribution in [0.2, 0.25) is 0 Å². The lowest BCUT2D eigenvalue weighted by Crippen LogP contribution is -2.49. The number of likely N-dealkylation sites (tertiary alicyclic amines) is 1. The number of fused-ring (bicyclic) bond motifs is 1. The first-order chi connectivity index (χ1) is 11.9. The Labute approximate surface area is 159 Å². The lowest BCUT2D eigenvalue weighted by molar-refractivity contribution is 0.0567. The van der Waals surface area contributed by atoms with Crippen molar-refractivity contribution in [3.63, 3.8) is 0 Å². The zero-order valence-electron chi connectivity index (χ0n) is 15.5. The number of carbonyl (C=O) groups is 1. The quantitative estimate of drug-likeness (QED) is 0.890. The minimum Gasteiger partial charge on any atom is -0.333 e. The molecule has 2 unspecified atom stereocenters. The summed E-state index contributed by atoms with van der Waals surface area (Å²) in [6.07, 6.45) is 1.87. The number of aromatic nitrogens is 2. The number of halogens is 1. The highest BCUT2D eigenvalue weighted by atomic mass is 35.5. The highest BCUT2D eigenvalue weighted by Gasteiger charge is 2.31. The van der Waals surface area contributed by atoms with Gasteiger partial charge in [-0.15, -0.1) is 12.4 Å². The Hall–Kier alpha value is -1.92. The molecule has 0 bridgehead atoms. The second-order valence-corrected chi connectivity index (χ2v) is 7.26. The van der Waals surface area contributed by atoms with Crippen molar-refractivity contribution in [2.75, 3.05) is 13.1 Å². The van der Waals surface area contributed by atoms with Gasteiger partial charge in [0.15, 0.2) is 5.69 Å². The van der Waals surface area contributed by atoms with Gasteiger partial charge in [-0.25, -0.2) is 4.68 Å². The fourth-order valence-corrected chi connectivity index (χ4v) is 3.59. The van der Waals surface area contributed by atoms with E-state index in [-0.39, 0.29) is 36.0 Å². The maximum Gasteiger partial charge on any atom is 0.275 e. The molecule has 1 saturated heterocycles. The lowest BCUT2D eigenvalue weighted by Gasteiger charge is -2.38. The third-order valence-corrected chi connectivity index (χ3v) is 5.03. The van der Waals surface area contributed by atoms with Crippen LogP contribution < -0.4 is 11.3 Å².